The molecule has 2 aliphatic heterocycles. The zero-order valence-electron chi connectivity index (χ0n) is 15.3. The second-order valence-electron chi connectivity index (χ2n) is 7.93. The zero-order chi connectivity index (χ0) is 17.4. The highest BCUT2D eigenvalue weighted by Gasteiger charge is 2.40. The lowest BCUT2D eigenvalue weighted by atomic mass is 9.91. The van der Waals surface area contributed by atoms with Gasteiger partial charge in [0, 0.05) is 18.5 Å². The maximum absolute atomic E-state index is 13.2. The Hall–Kier alpha value is -1.40. The van der Waals surface area contributed by atoms with Crippen LogP contribution in [0.5, 0.6) is 0 Å². The van der Waals surface area contributed by atoms with Crippen molar-refractivity contribution in [2.45, 2.75) is 76.6 Å². The molecular formula is C19H29N3O3. The molecule has 1 saturated heterocycles. The number of ether oxygens (including phenoxy) is 2. The van der Waals surface area contributed by atoms with Gasteiger partial charge in [-0.1, -0.05) is 25.7 Å². The van der Waals surface area contributed by atoms with E-state index >= 15 is 0 Å². The first-order valence-corrected chi connectivity index (χ1v) is 9.74. The minimum atomic E-state index is -0.134. The number of hydrogen-bond donors (Lipinski definition) is 1. The van der Waals surface area contributed by atoms with E-state index in [1.165, 1.54) is 25.7 Å². The molecule has 0 unspecified atom stereocenters. The fraction of sp³-hybridized carbons (Fsp3) is 0.789. The van der Waals surface area contributed by atoms with Gasteiger partial charge in [0.1, 0.15) is 0 Å². The van der Waals surface area contributed by atoms with Gasteiger partial charge >= 0.3 is 0 Å². The topological polar surface area (TPSA) is 67.5 Å². The normalized spacial score (nSPS) is 29.3. The van der Waals surface area contributed by atoms with Gasteiger partial charge in [-0.05, 0) is 26.7 Å². The molecule has 0 radical (unpaired) electrons. The van der Waals surface area contributed by atoms with Crippen LogP contribution in [0.15, 0.2) is 0 Å². The summed E-state index contributed by atoms with van der Waals surface area (Å²) in [6, 6.07) is 0. The van der Waals surface area contributed by atoms with E-state index in [4.69, 9.17) is 9.47 Å². The minimum Gasteiger partial charge on any atom is -0.371 e. The first-order valence-electron chi connectivity index (χ1n) is 9.74. The van der Waals surface area contributed by atoms with Gasteiger partial charge in [-0.3, -0.25) is 9.89 Å². The van der Waals surface area contributed by atoms with Crippen LogP contribution in [0.1, 0.15) is 80.2 Å². The van der Waals surface area contributed by atoms with Gasteiger partial charge in [-0.2, -0.15) is 5.10 Å². The molecule has 0 aromatic carbocycles. The Morgan fingerprint density at radius 1 is 1.24 bits per heavy atom. The molecule has 1 amide bonds. The summed E-state index contributed by atoms with van der Waals surface area (Å²) in [7, 11) is 0. The maximum Gasteiger partial charge on any atom is 0.274 e. The molecule has 2 atom stereocenters. The second kappa shape index (κ2) is 6.72. The molecule has 6 heteroatoms. The number of aromatic amines is 1. The van der Waals surface area contributed by atoms with Crippen molar-refractivity contribution in [3.8, 4) is 0 Å². The highest BCUT2D eigenvalue weighted by molar-refractivity contribution is 5.94. The Morgan fingerprint density at radius 2 is 2.00 bits per heavy atom. The Kier molecular flexibility index (Phi) is 4.58. The third-order valence-electron chi connectivity index (χ3n) is 5.99. The standard InChI is InChI=1S/C19H29N3O3/c1-13-11-15-16(14(2)25-13)20-21-17(15)18(23)22-9-10-24-19(12-22)7-5-3-4-6-8-19/h13-14H,3-12H2,1-2H3,(H,20,21)/t13-,14+/m1/s1. The zero-order valence-corrected chi connectivity index (χ0v) is 15.3. The summed E-state index contributed by atoms with van der Waals surface area (Å²) in [5.74, 6) is 0.0470. The van der Waals surface area contributed by atoms with Crippen LogP contribution in [0.4, 0.5) is 0 Å². The number of rotatable bonds is 1. The molecule has 25 heavy (non-hydrogen) atoms. The first-order chi connectivity index (χ1) is 12.1. The van der Waals surface area contributed by atoms with E-state index in [1.54, 1.807) is 0 Å². The van der Waals surface area contributed by atoms with E-state index in [9.17, 15) is 4.79 Å². The number of H-pyrrole nitrogens is 1. The van der Waals surface area contributed by atoms with Crippen LogP contribution in [0.3, 0.4) is 0 Å². The van der Waals surface area contributed by atoms with Gasteiger partial charge in [0.25, 0.3) is 5.91 Å². The number of carbonyl (C=O) groups excluding carboxylic acids is 1. The van der Waals surface area contributed by atoms with E-state index in [0.29, 0.717) is 25.4 Å². The molecule has 138 valence electrons. The number of nitrogens with zero attached hydrogens (tertiary/aromatic N) is 2. The Morgan fingerprint density at radius 3 is 2.76 bits per heavy atom. The van der Waals surface area contributed by atoms with Crippen LogP contribution in [0.2, 0.25) is 0 Å². The van der Waals surface area contributed by atoms with E-state index in [1.807, 2.05) is 11.8 Å². The lowest BCUT2D eigenvalue weighted by molar-refractivity contribution is -0.107. The summed E-state index contributed by atoms with van der Waals surface area (Å²) in [5.41, 5.74) is 2.45. The van der Waals surface area contributed by atoms with Crippen molar-refractivity contribution < 1.29 is 14.3 Å². The van der Waals surface area contributed by atoms with Crippen LogP contribution >= 0.6 is 0 Å². The van der Waals surface area contributed by atoms with Crippen molar-refractivity contribution >= 4 is 5.91 Å². The molecule has 1 aromatic rings. The molecule has 6 nitrogen and oxygen atoms in total. The van der Waals surface area contributed by atoms with Crippen molar-refractivity contribution in [1.82, 2.24) is 15.1 Å². The van der Waals surface area contributed by atoms with Crippen molar-refractivity contribution in [1.29, 1.82) is 0 Å². The monoisotopic (exact) mass is 347 g/mol. The molecule has 1 spiro atoms. The molecule has 1 aromatic heterocycles. The number of hydrogen-bond acceptors (Lipinski definition) is 4. The second-order valence-corrected chi connectivity index (χ2v) is 7.93. The van der Waals surface area contributed by atoms with Crippen molar-refractivity contribution in [3.63, 3.8) is 0 Å². The summed E-state index contributed by atoms with van der Waals surface area (Å²) in [5, 5.41) is 7.42. The van der Waals surface area contributed by atoms with E-state index in [-0.39, 0.29) is 23.7 Å². The van der Waals surface area contributed by atoms with Crippen LogP contribution in [0, 0.1) is 0 Å². The third-order valence-corrected chi connectivity index (χ3v) is 5.99. The number of amides is 1. The van der Waals surface area contributed by atoms with Gasteiger partial charge in [0.2, 0.25) is 0 Å². The van der Waals surface area contributed by atoms with Gasteiger partial charge in [0.15, 0.2) is 5.69 Å². The predicted molar refractivity (Wildman–Crippen MR) is 93.5 cm³/mol. The lowest BCUT2D eigenvalue weighted by Gasteiger charge is -2.42. The van der Waals surface area contributed by atoms with Crippen molar-refractivity contribution in [2.24, 2.45) is 0 Å². The van der Waals surface area contributed by atoms with Crippen LogP contribution in [-0.4, -0.2) is 52.4 Å². The average molecular weight is 347 g/mol. The first kappa shape index (κ1) is 17.0. The van der Waals surface area contributed by atoms with E-state index in [2.05, 4.69) is 17.1 Å². The molecule has 3 aliphatic rings. The summed E-state index contributed by atoms with van der Waals surface area (Å²) in [6.07, 6.45) is 7.92. The molecule has 2 fully saturated rings. The van der Waals surface area contributed by atoms with Gasteiger partial charge in [0.05, 0.1) is 36.7 Å². The highest BCUT2D eigenvalue weighted by atomic mass is 16.5. The third kappa shape index (κ3) is 3.22. The molecule has 1 saturated carbocycles. The summed E-state index contributed by atoms with van der Waals surface area (Å²) >= 11 is 0. The predicted octanol–water partition coefficient (Wildman–Crippen LogP) is 3.00. The molecule has 1 N–H and O–H groups in total. The molecule has 4 rings (SSSR count). The number of morpholine rings is 1. The van der Waals surface area contributed by atoms with Gasteiger partial charge in [-0.15, -0.1) is 0 Å². The fourth-order valence-corrected chi connectivity index (χ4v) is 4.69. The van der Waals surface area contributed by atoms with E-state index < -0.39 is 0 Å². The van der Waals surface area contributed by atoms with Crippen LogP contribution in [0.25, 0.3) is 0 Å². The van der Waals surface area contributed by atoms with Gasteiger partial charge in [-0.25, -0.2) is 0 Å². The van der Waals surface area contributed by atoms with E-state index in [0.717, 1.165) is 30.5 Å². The summed E-state index contributed by atoms with van der Waals surface area (Å²) in [4.78, 5) is 15.2. The largest absolute Gasteiger partial charge is 0.371 e. The summed E-state index contributed by atoms with van der Waals surface area (Å²) in [6.45, 7) is 6.05. The molecule has 1 aliphatic carbocycles. The molecular weight excluding hydrogens is 318 g/mol. The van der Waals surface area contributed by atoms with Crippen LogP contribution < -0.4 is 0 Å². The number of nitrogens with one attached hydrogen (secondary N) is 1. The molecule has 0 bridgehead atoms. The molecule has 3 heterocycles. The quantitative estimate of drug-likeness (QED) is 0.848. The lowest BCUT2D eigenvalue weighted by Crippen LogP contribution is -2.53. The van der Waals surface area contributed by atoms with Crippen molar-refractivity contribution in [2.75, 3.05) is 19.7 Å². The van der Waals surface area contributed by atoms with Crippen molar-refractivity contribution in [3.05, 3.63) is 17.0 Å². The van der Waals surface area contributed by atoms with Gasteiger partial charge < -0.3 is 14.4 Å². The highest BCUT2D eigenvalue weighted by Crippen LogP contribution is 2.35. The number of fused-ring (bicyclic) bond motifs is 1. The number of carbonyl (C=O) groups is 1. The fourth-order valence-electron chi connectivity index (χ4n) is 4.69. The minimum absolute atomic E-state index is 0.0364. The maximum atomic E-state index is 13.2. The Balaban J connectivity index is 1.55. The van der Waals surface area contributed by atoms with Crippen LogP contribution in [-0.2, 0) is 15.9 Å². The Bertz CT molecular complexity index is 634. The summed E-state index contributed by atoms with van der Waals surface area (Å²) < 4.78 is 12.0. The Labute approximate surface area is 149 Å². The smallest absolute Gasteiger partial charge is 0.274 e. The number of aromatic nitrogens is 2. The SMILES string of the molecule is C[C@@H]1Cc2c(C(=O)N3CCOC4(CCCCCC4)C3)n[nH]c2[C@H](C)O1. The average Bonchev–Trinajstić information content (AvgIpc) is 2.89.